The Morgan fingerprint density at radius 2 is 0.935 bits per heavy atom. The highest BCUT2D eigenvalue weighted by Crippen LogP contribution is 2.48. The molecule has 0 unspecified atom stereocenters. The lowest BCUT2D eigenvalue weighted by molar-refractivity contribution is 1.65. The molecule has 0 aliphatic rings. The van der Waals surface area contributed by atoms with Crippen LogP contribution >= 0.6 is 11.3 Å². The molecule has 0 radical (unpaired) electrons. The highest BCUT2D eigenvalue weighted by molar-refractivity contribution is 7.21. The van der Waals surface area contributed by atoms with Gasteiger partial charge in [-0.1, -0.05) is 121 Å². The Bertz CT molecular complexity index is 1510. The van der Waals surface area contributed by atoms with Crippen molar-refractivity contribution in [3.05, 3.63) is 121 Å². The molecule has 1 heteroatoms. The lowest BCUT2D eigenvalue weighted by Gasteiger charge is -2.13. The summed E-state index contributed by atoms with van der Waals surface area (Å²) in [5, 5.41) is 5.21. The molecule has 0 fully saturated rings. The zero-order valence-corrected chi connectivity index (χ0v) is 17.8. The molecule has 0 nitrogen and oxygen atoms in total. The highest BCUT2D eigenvalue weighted by atomic mass is 32.1. The topological polar surface area (TPSA) is 0 Å². The molecule has 31 heavy (non-hydrogen) atoms. The summed E-state index contributed by atoms with van der Waals surface area (Å²) in [5.41, 5.74) is 5.14. The fraction of sp³-hybridized carbons (Fsp3) is 0. The van der Waals surface area contributed by atoms with Gasteiger partial charge in [0.2, 0.25) is 0 Å². The molecule has 0 N–H and O–H groups in total. The van der Waals surface area contributed by atoms with Crippen molar-refractivity contribution < 1.29 is 0 Å². The van der Waals surface area contributed by atoms with E-state index in [2.05, 4.69) is 121 Å². The molecule has 0 amide bonds. The van der Waals surface area contributed by atoms with E-state index in [0.29, 0.717) is 0 Å². The molecular formula is C30H20S. The van der Waals surface area contributed by atoms with Crippen LogP contribution < -0.4 is 0 Å². The van der Waals surface area contributed by atoms with Gasteiger partial charge in [0.25, 0.3) is 0 Å². The molecule has 5 aromatic carbocycles. The monoisotopic (exact) mass is 412 g/mol. The van der Waals surface area contributed by atoms with E-state index >= 15 is 0 Å². The SMILES string of the molecule is c1ccc(-c2c(-c3sc(-c4ccccc4)c4ccccc34)ccc3ccccc23)cc1. The molecule has 0 aliphatic heterocycles. The van der Waals surface area contributed by atoms with Crippen molar-refractivity contribution in [1.82, 2.24) is 0 Å². The average Bonchev–Trinajstić information content (AvgIpc) is 3.24. The van der Waals surface area contributed by atoms with Crippen molar-refractivity contribution in [3.8, 4) is 32.0 Å². The zero-order chi connectivity index (χ0) is 20.6. The first-order valence-corrected chi connectivity index (χ1v) is 11.4. The molecule has 0 aliphatic carbocycles. The number of thiophene rings is 1. The van der Waals surface area contributed by atoms with Crippen molar-refractivity contribution in [2.75, 3.05) is 0 Å². The van der Waals surface area contributed by atoms with Crippen LogP contribution in [0, 0.1) is 0 Å². The van der Waals surface area contributed by atoms with E-state index in [9.17, 15) is 0 Å². The maximum atomic E-state index is 2.30. The molecule has 1 heterocycles. The summed E-state index contributed by atoms with van der Waals surface area (Å²) in [7, 11) is 0. The third-order valence-corrected chi connectivity index (χ3v) is 7.20. The van der Waals surface area contributed by atoms with Gasteiger partial charge in [0, 0.05) is 26.1 Å². The summed E-state index contributed by atoms with van der Waals surface area (Å²) in [6.07, 6.45) is 0. The van der Waals surface area contributed by atoms with E-state index in [0.717, 1.165) is 0 Å². The Kier molecular flexibility index (Phi) is 4.40. The van der Waals surface area contributed by atoms with Crippen molar-refractivity contribution in [2.24, 2.45) is 0 Å². The lowest BCUT2D eigenvalue weighted by atomic mass is 9.91. The van der Waals surface area contributed by atoms with Crippen molar-refractivity contribution >= 4 is 32.9 Å². The maximum Gasteiger partial charge on any atom is 0.0434 e. The number of hydrogen-bond acceptors (Lipinski definition) is 1. The van der Waals surface area contributed by atoms with Gasteiger partial charge >= 0.3 is 0 Å². The molecule has 0 saturated heterocycles. The molecule has 6 rings (SSSR count). The quantitative estimate of drug-likeness (QED) is 0.272. The van der Waals surface area contributed by atoms with Gasteiger partial charge in [-0.25, -0.2) is 0 Å². The molecule has 1 aromatic heterocycles. The summed E-state index contributed by atoms with van der Waals surface area (Å²) >= 11 is 1.90. The fourth-order valence-electron chi connectivity index (χ4n) is 4.47. The van der Waals surface area contributed by atoms with E-state index in [4.69, 9.17) is 0 Å². The molecule has 0 spiro atoms. The summed E-state index contributed by atoms with van der Waals surface area (Å²) < 4.78 is 0. The van der Waals surface area contributed by atoms with Gasteiger partial charge in [-0.3, -0.25) is 0 Å². The van der Waals surface area contributed by atoms with Crippen LogP contribution in [0.4, 0.5) is 0 Å². The van der Waals surface area contributed by atoms with Crippen LogP contribution in [0.1, 0.15) is 0 Å². The number of benzene rings is 5. The fourth-order valence-corrected chi connectivity index (χ4v) is 5.79. The Balaban J connectivity index is 1.71. The van der Waals surface area contributed by atoms with E-state index in [-0.39, 0.29) is 0 Å². The second-order valence-corrected chi connectivity index (χ2v) is 8.77. The van der Waals surface area contributed by atoms with Crippen molar-refractivity contribution in [2.45, 2.75) is 0 Å². The van der Waals surface area contributed by atoms with Gasteiger partial charge < -0.3 is 0 Å². The Labute approximate surface area is 186 Å². The Morgan fingerprint density at radius 3 is 1.65 bits per heavy atom. The minimum absolute atomic E-state index is 1.26. The number of fused-ring (bicyclic) bond motifs is 2. The van der Waals surface area contributed by atoms with Gasteiger partial charge in [0.05, 0.1) is 0 Å². The summed E-state index contributed by atoms with van der Waals surface area (Å²) in [5.74, 6) is 0. The van der Waals surface area contributed by atoms with Crippen LogP contribution in [-0.2, 0) is 0 Å². The maximum absolute atomic E-state index is 2.30. The highest BCUT2D eigenvalue weighted by Gasteiger charge is 2.18. The Morgan fingerprint density at radius 1 is 0.387 bits per heavy atom. The van der Waals surface area contributed by atoms with Crippen LogP contribution in [0.25, 0.3) is 53.6 Å². The van der Waals surface area contributed by atoms with Gasteiger partial charge in [-0.05, 0) is 27.5 Å². The van der Waals surface area contributed by atoms with E-state index < -0.39 is 0 Å². The molecule has 0 bridgehead atoms. The van der Waals surface area contributed by atoms with E-state index in [1.165, 1.54) is 53.6 Å². The van der Waals surface area contributed by atoms with Crippen LogP contribution in [0.5, 0.6) is 0 Å². The minimum atomic E-state index is 1.26. The second-order valence-electron chi connectivity index (χ2n) is 7.75. The number of rotatable bonds is 3. The smallest absolute Gasteiger partial charge is 0.0434 e. The van der Waals surface area contributed by atoms with Crippen LogP contribution in [0.2, 0.25) is 0 Å². The zero-order valence-electron chi connectivity index (χ0n) is 17.0. The average molecular weight is 413 g/mol. The van der Waals surface area contributed by atoms with Crippen LogP contribution in [-0.4, -0.2) is 0 Å². The normalized spacial score (nSPS) is 11.2. The van der Waals surface area contributed by atoms with E-state index in [1.807, 2.05) is 11.3 Å². The van der Waals surface area contributed by atoms with Gasteiger partial charge in [-0.2, -0.15) is 0 Å². The van der Waals surface area contributed by atoms with Gasteiger partial charge in [0.15, 0.2) is 0 Å². The second kappa shape index (κ2) is 7.54. The first-order chi connectivity index (χ1) is 15.4. The molecule has 0 saturated carbocycles. The van der Waals surface area contributed by atoms with Gasteiger partial charge in [0.1, 0.15) is 0 Å². The summed E-state index contributed by atoms with van der Waals surface area (Å²) in [6.45, 7) is 0. The third kappa shape index (κ3) is 3.06. The largest absolute Gasteiger partial charge is 0.134 e. The van der Waals surface area contributed by atoms with Crippen molar-refractivity contribution in [3.63, 3.8) is 0 Å². The lowest BCUT2D eigenvalue weighted by Crippen LogP contribution is -1.86. The first-order valence-electron chi connectivity index (χ1n) is 10.5. The third-order valence-electron chi connectivity index (χ3n) is 5.89. The molecule has 146 valence electrons. The molecular weight excluding hydrogens is 392 g/mol. The molecule has 0 atom stereocenters. The van der Waals surface area contributed by atoms with Gasteiger partial charge in [-0.15, -0.1) is 11.3 Å². The standard InChI is InChI=1S/C30H20S/c1-3-12-22(13-4-1)28-24-16-8-7-11-21(24)19-20-27(28)30-26-18-10-9-17-25(26)29(31-30)23-14-5-2-6-15-23/h1-20H. The summed E-state index contributed by atoms with van der Waals surface area (Å²) in [4.78, 5) is 2.66. The predicted octanol–water partition coefficient (Wildman–Crippen LogP) is 9.06. The van der Waals surface area contributed by atoms with Crippen LogP contribution in [0.15, 0.2) is 121 Å². The number of hydrogen-bond donors (Lipinski definition) is 0. The summed E-state index contributed by atoms with van der Waals surface area (Å²) in [6, 6.07) is 43.6. The molecule has 6 aromatic rings. The first kappa shape index (κ1) is 18.1. The minimum Gasteiger partial charge on any atom is -0.134 e. The predicted molar refractivity (Wildman–Crippen MR) is 136 cm³/mol. The van der Waals surface area contributed by atoms with E-state index in [1.54, 1.807) is 0 Å². The van der Waals surface area contributed by atoms with Crippen molar-refractivity contribution in [1.29, 1.82) is 0 Å². The van der Waals surface area contributed by atoms with Crippen LogP contribution in [0.3, 0.4) is 0 Å². The Hall–Kier alpha value is -3.68.